The highest BCUT2D eigenvalue weighted by Crippen LogP contribution is 2.44. The first kappa shape index (κ1) is 30.0. The predicted octanol–water partition coefficient (Wildman–Crippen LogP) is 13.5. The van der Waals surface area contributed by atoms with Crippen molar-refractivity contribution < 1.29 is 8.83 Å². The van der Waals surface area contributed by atoms with Crippen molar-refractivity contribution in [3.05, 3.63) is 176 Å². The predicted molar refractivity (Wildman–Crippen MR) is 225 cm³/mol. The van der Waals surface area contributed by atoms with Crippen LogP contribution in [-0.2, 0) is 0 Å². The highest BCUT2D eigenvalue weighted by Gasteiger charge is 2.23. The molecule has 4 aromatic heterocycles. The molecule has 0 spiro atoms. The molecule has 0 saturated heterocycles. The van der Waals surface area contributed by atoms with E-state index in [0.717, 1.165) is 83.0 Å². The van der Waals surface area contributed by atoms with Gasteiger partial charge < -0.3 is 13.4 Å². The summed E-state index contributed by atoms with van der Waals surface area (Å²) < 4.78 is 15.9. The maximum absolute atomic E-state index is 6.82. The molecule has 0 radical (unpaired) electrons. The van der Waals surface area contributed by atoms with Gasteiger partial charge in [-0.1, -0.05) is 127 Å². The van der Waals surface area contributed by atoms with Gasteiger partial charge in [-0.05, 0) is 64.9 Å². The first-order chi connectivity index (χ1) is 27.3. The van der Waals surface area contributed by atoms with E-state index in [4.69, 9.17) is 18.8 Å². The number of benzene rings is 8. The summed E-state index contributed by atoms with van der Waals surface area (Å²) in [6, 6.07) is 61.4. The smallest absolute Gasteiger partial charge is 0.231 e. The monoisotopic (exact) mass is 703 g/mol. The van der Waals surface area contributed by atoms with Gasteiger partial charge in [0.2, 0.25) is 5.71 Å². The molecule has 0 bridgehead atoms. The van der Waals surface area contributed by atoms with E-state index in [-0.39, 0.29) is 0 Å². The van der Waals surface area contributed by atoms with Crippen molar-refractivity contribution in [3.8, 4) is 39.5 Å². The van der Waals surface area contributed by atoms with Crippen molar-refractivity contribution in [2.75, 3.05) is 0 Å². The number of nitrogens with zero attached hydrogens (tertiary/aromatic N) is 3. The number of fused-ring (bicyclic) bond motifs is 10. The molecule has 256 valence electrons. The zero-order chi connectivity index (χ0) is 36.0. The van der Waals surface area contributed by atoms with Crippen molar-refractivity contribution >= 4 is 76.6 Å². The summed E-state index contributed by atoms with van der Waals surface area (Å²) in [6.45, 7) is 0. The third kappa shape index (κ3) is 4.47. The van der Waals surface area contributed by atoms with E-state index in [1.807, 2.05) is 54.6 Å². The number of furan rings is 2. The number of hydrogen-bond acceptors (Lipinski definition) is 4. The van der Waals surface area contributed by atoms with Gasteiger partial charge in [0.25, 0.3) is 0 Å². The Labute approximate surface area is 314 Å². The van der Waals surface area contributed by atoms with Crippen LogP contribution in [-0.4, -0.2) is 14.5 Å². The molecule has 5 nitrogen and oxygen atoms in total. The third-order valence-electron chi connectivity index (χ3n) is 11.0. The van der Waals surface area contributed by atoms with Crippen LogP contribution < -0.4 is 0 Å². The Morgan fingerprint density at radius 2 is 1.11 bits per heavy atom. The quantitative estimate of drug-likeness (QED) is 0.183. The summed E-state index contributed by atoms with van der Waals surface area (Å²) in [6.07, 6.45) is 0. The van der Waals surface area contributed by atoms with Gasteiger partial charge in [-0.2, -0.15) is 4.98 Å². The van der Waals surface area contributed by atoms with Crippen molar-refractivity contribution in [2.24, 2.45) is 0 Å². The summed E-state index contributed by atoms with van der Waals surface area (Å²) in [4.78, 5) is 10.1. The van der Waals surface area contributed by atoms with E-state index < -0.39 is 0 Å². The Bertz CT molecular complexity index is 3480. The number of aromatic nitrogens is 3. The Kier molecular flexibility index (Phi) is 6.27. The molecule has 0 fully saturated rings. The minimum Gasteiger partial charge on any atom is -0.455 e. The average molecular weight is 704 g/mol. The topological polar surface area (TPSA) is 57.0 Å². The van der Waals surface area contributed by atoms with E-state index in [2.05, 4.69) is 126 Å². The molecule has 0 aliphatic heterocycles. The molecule has 0 unspecified atom stereocenters. The molecule has 12 aromatic rings. The van der Waals surface area contributed by atoms with Gasteiger partial charge >= 0.3 is 0 Å². The van der Waals surface area contributed by atoms with Crippen LogP contribution >= 0.6 is 0 Å². The molecule has 0 aliphatic rings. The minimum absolute atomic E-state index is 0.558. The van der Waals surface area contributed by atoms with Gasteiger partial charge in [0.05, 0.1) is 33.2 Å². The van der Waals surface area contributed by atoms with Crippen molar-refractivity contribution in [1.29, 1.82) is 0 Å². The highest BCUT2D eigenvalue weighted by atomic mass is 16.3. The molecule has 4 heterocycles. The zero-order valence-electron chi connectivity index (χ0n) is 29.4. The second kappa shape index (κ2) is 11.5. The lowest BCUT2D eigenvalue weighted by molar-refractivity contribution is 0.653. The van der Waals surface area contributed by atoms with E-state index in [9.17, 15) is 0 Å². The van der Waals surface area contributed by atoms with Crippen molar-refractivity contribution in [2.45, 2.75) is 0 Å². The number of hydrogen-bond donors (Lipinski definition) is 0. The molecule has 0 amide bonds. The van der Waals surface area contributed by atoms with E-state index in [1.54, 1.807) is 0 Å². The third-order valence-corrected chi connectivity index (χ3v) is 11.0. The fourth-order valence-electron chi connectivity index (χ4n) is 8.50. The molecule has 5 heteroatoms. The van der Waals surface area contributed by atoms with Gasteiger partial charge in [0.1, 0.15) is 16.7 Å². The Balaban J connectivity index is 1.11. The van der Waals surface area contributed by atoms with Crippen LogP contribution in [0.5, 0.6) is 0 Å². The summed E-state index contributed by atoms with van der Waals surface area (Å²) in [5.74, 6) is 0.629. The lowest BCUT2D eigenvalue weighted by atomic mass is 9.99. The van der Waals surface area contributed by atoms with E-state index in [1.165, 1.54) is 21.5 Å². The standard InChI is InChI=1S/C50H29N3O2/c1-3-13-30(14-4-1)47-46-38-24-23-34(29-44(38)55-50(46)52-49(51-47)31-15-5-2-6-16-31)35-25-26-41(45-37-20-10-12-22-43(37)54-48(35)45)53-40-21-11-9-19-36(40)39-27-32-17-7-8-18-33(32)28-42(39)53/h1-29H. The van der Waals surface area contributed by atoms with E-state index >= 15 is 0 Å². The molecule has 8 aromatic carbocycles. The van der Waals surface area contributed by atoms with Crippen LogP contribution in [0.25, 0.3) is 116 Å². The minimum atomic E-state index is 0.558. The van der Waals surface area contributed by atoms with Crippen molar-refractivity contribution in [3.63, 3.8) is 0 Å². The fourth-order valence-corrected chi connectivity index (χ4v) is 8.50. The Morgan fingerprint density at radius 1 is 0.418 bits per heavy atom. The maximum atomic E-state index is 6.82. The lowest BCUT2D eigenvalue weighted by Crippen LogP contribution is -1.95. The summed E-state index contributed by atoms with van der Waals surface area (Å²) in [5.41, 5.74) is 11.1. The maximum Gasteiger partial charge on any atom is 0.231 e. The fraction of sp³-hybridized carbons (Fsp3) is 0. The first-order valence-electron chi connectivity index (χ1n) is 18.5. The number of rotatable bonds is 4. The van der Waals surface area contributed by atoms with Gasteiger partial charge in [0.15, 0.2) is 5.82 Å². The van der Waals surface area contributed by atoms with Gasteiger partial charge in [-0.15, -0.1) is 0 Å². The normalized spacial score (nSPS) is 12.0. The SMILES string of the molecule is c1ccc(-c2nc(-c3ccccc3)c3c(n2)oc2cc(-c4ccc(-n5c6ccccc6c6cc7ccccc7cc65)c5c4oc4ccccc45)ccc23)cc1. The molecule has 55 heavy (non-hydrogen) atoms. The summed E-state index contributed by atoms with van der Waals surface area (Å²) in [7, 11) is 0. The Hall–Kier alpha value is -7.50. The van der Waals surface area contributed by atoms with Crippen molar-refractivity contribution in [1.82, 2.24) is 14.5 Å². The van der Waals surface area contributed by atoms with E-state index in [0.29, 0.717) is 11.5 Å². The van der Waals surface area contributed by atoms with Gasteiger partial charge in [-0.25, -0.2) is 4.98 Å². The van der Waals surface area contributed by atoms with Crippen LogP contribution in [0.4, 0.5) is 0 Å². The second-order valence-electron chi connectivity index (χ2n) is 14.1. The molecule has 0 aliphatic carbocycles. The Morgan fingerprint density at radius 3 is 1.95 bits per heavy atom. The van der Waals surface area contributed by atoms with Crippen LogP contribution in [0.15, 0.2) is 185 Å². The van der Waals surface area contributed by atoms with Gasteiger partial charge in [0, 0.05) is 38.2 Å². The van der Waals surface area contributed by atoms with Crippen LogP contribution in [0.1, 0.15) is 0 Å². The highest BCUT2D eigenvalue weighted by molar-refractivity contribution is 6.19. The summed E-state index contributed by atoms with van der Waals surface area (Å²) in [5, 5.41) is 8.88. The average Bonchev–Trinajstić information content (AvgIpc) is 3.92. The molecular formula is C50H29N3O2. The first-order valence-corrected chi connectivity index (χ1v) is 18.5. The van der Waals surface area contributed by atoms with Crippen LogP contribution in [0, 0.1) is 0 Å². The summed E-state index contributed by atoms with van der Waals surface area (Å²) >= 11 is 0. The van der Waals surface area contributed by atoms with Gasteiger partial charge in [-0.3, -0.25) is 0 Å². The van der Waals surface area contributed by atoms with Crippen LogP contribution in [0.3, 0.4) is 0 Å². The lowest BCUT2D eigenvalue weighted by Gasteiger charge is -2.12. The van der Waals surface area contributed by atoms with Crippen LogP contribution in [0.2, 0.25) is 0 Å². The molecule has 0 N–H and O–H groups in total. The molecule has 0 saturated carbocycles. The molecular weight excluding hydrogens is 675 g/mol. The second-order valence-corrected chi connectivity index (χ2v) is 14.1. The zero-order valence-corrected chi connectivity index (χ0v) is 29.4. The largest absolute Gasteiger partial charge is 0.455 e. The number of para-hydroxylation sites is 2. The molecule has 0 atom stereocenters. The molecule has 12 rings (SSSR count).